The molecule has 0 spiro atoms. The van der Waals surface area contributed by atoms with E-state index in [0.29, 0.717) is 10.9 Å². The second kappa shape index (κ2) is 6.02. The summed E-state index contributed by atoms with van der Waals surface area (Å²) in [6, 6.07) is 15.3. The molecule has 6 heteroatoms. The molecule has 130 valence electrons. The van der Waals surface area contributed by atoms with E-state index in [-0.39, 0.29) is 12.4 Å². The van der Waals surface area contributed by atoms with Gasteiger partial charge in [0.05, 0.1) is 6.04 Å². The second-order valence-electron chi connectivity index (χ2n) is 6.02. The van der Waals surface area contributed by atoms with Crippen LogP contribution in [0.25, 0.3) is 32.3 Å². The summed E-state index contributed by atoms with van der Waals surface area (Å²) in [5.74, 6) is 0. The molecule has 25 heavy (non-hydrogen) atoms. The molecular formula is C19H15ClF3NO. The van der Waals surface area contributed by atoms with Crippen LogP contribution in [0.2, 0.25) is 0 Å². The van der Waals surface area contributed by atoms with Crippen molar-refractivity contribution in [3.05, 3.63) is 60.2 Å². The Morgan fingerprint density at radius 3 is 1.92 bits per heavy atom. The number of rotatable bonds is 2. The lowest BCUT2D eigenvalue weighted by atomic mass is 9.89. The third-order valence-electron chi connectivity index (χ3n) is 4.60. The zero-order valence-electron chi connectivity index (χ0n) is 12.9. The Balaban J connectivity index is 0.00000182. The standard InChI is InChI=1S/C19H14F3NO.ClH/c20-19(21,22)18(24)17(23)14-9-7-12-5-4-10-2-1-3-11-6-8-13(14)16(12)15(10)11;/h1-9,17-18,24H,23H2;1H/t17-,18-;/m0./s1. The summed E-state index contributed by atoms with van der Waals surface area (Å²) in [4.78, 5) is 0. The van der Waals surface area contributed by atoms with Gasteiger partial charge in [-0.05, 0) is 37.9 Å². The van der Waals surface area contributed by atoms with Crippen molar-refractivity contribution >= 4 is 44.7 Å². The number of hydrogen-bond donors (Lipinski definition) is 2. The van der Waals surface area contributed by atoms with Gasteiger partial charge in [-0.3, -0.25) is 0 Å². The third-order valence-corrected chi connectivity index (χ3v) is 4.60. The fraction of sp³-hybridized carbons (Fsp3) is 0.158. The number of alkyl halides is 3. The Hall–Kier alpha value is -2.08. The van der Waals surface area contributed by atoms with E-state index in [0.717, 1.165) is 26.9 Å². The van der Waals surface area contributed by atoms with Crippen molar-refractivity contribution in [2.24, 2.45) is 5.73 Å². The molecule has 0 aromatic heterocycles. The lowest BCUT2D eigenvalue weighted by molar-refractivity contribution is -0.210. The van der Waals surface area contributed by atoms with E-state index in [1.807, 2.05) is 36.4 Å². The summed E-state index contributed by atoms with van der Waals surface area (Å²) in [5.41, 5.74) is 6.05. The zero-order chi connectivity index (χ0) is 17.1. The van der Waals surface area contributed by atoms with E-state index in [2.05, 4.69) is 0 Å². The molecule has 4 aromatic carbocycles. The molecule has 0 aliphatic rings. The van der Waals surface area contributed by atoms with Crippen molar-refractivity contribution in [3.63, 3.8) is 0 Å². The maximum absolute atomic E-state index is 12.9. The van der Waals surface area contributed by atoms with E-state index in [9.17, 15) is 18.3 Å². The predicted molar refractivity (Wildman–Crippen MR) is 96.4 cm³/mol. The molecule has 0 bridgehead atoms. The number of benzene rings is 4. The molecule has 3 N–H and O–H groups in total. The van der Waals surface area contributed by atoms with Gasteiger partial charge < -0.3 is 10.8 Å². The normalized spacial score (nSPS) is 14.8. The van der Waals surface area contributed by atoms with Gasteiger partial charge in [0.1, 0.15) is 0 Å². The van der Waals surface area contributed by atoms with Crippen LogP contribution < -0.4 is 5.73 Å². The average molecular weight is 366 g/mol. The molecule has 0 unspecified atom stereocenters. The van der Waals surface area contributed by atoms with Crippen LogP contribution in [0, 0.1) is 0 Å². The third kappa shape index (κ3) is 2.68. The molecular weight excluding hydrogens is 351 g/mol. The van der Waals surface area contributed by atoms with Crippen LogP contribution >= 0.6 is 12.4 Å². The Morgan fingerprint density at radius 1 is 0.800 bits per heavy atom. The molecule has 0 amide bonds. The van der Waals surface area contributed by atoms with Crippen LogP contribution in [0.4, 0.5) is 13.2 Å². The molecule has 4 aromatic rings. The molecule has 0 saturated heterocycles. The molecule has 0 heterocycles. The van der Waals surface area contributed by atoms with Crippen LogP contribution in [-0.2, 0) is 0 Å². The highest BCUT2D eigenvalue weighted by atomic mass is 35.5. The van der Waals surface area contributed by atoms with Crippen molar-refractivity contribution in [1.82, 2.24) is 0 Å². The Labute approximate surface area is 147 Å². The van der Waals surface area contributed by atoms with Crippen molar-refractivity contribution < 1.29 is 18.3 Å². The Kier molecular flexibility index (Phi) is 4.27. The first-order valence-electron chi connectivity index (χ1n) is 7.55. The first-order chi connectivity index (χ1) is 11.4. The summed E-state index contributed by atoms with van der Waals surface area (Å²) < 4.78 is 38.6. The lowest BCUT2D eigenvalue weighted by Crippen LogP contribution is -2.38. The predicted octanol–water partition coefficient (Wildman–Crippen LogP) is 4.93. The molecule has 0 radical (unpaired) electrons. The highest BCUT2D eigenvalue weighted by Gasteiger charge is 2.43. The van der Waals surface area contributed by atoms with Gasteiger partial charge in [0, 0.05) is 0 Å². The van der Waals surface area contributed by atoms with Gasteiger partial charge in [-0.15, -0.1) is 12.4 Å². The van der Waals surface area contributed by atoms with Gasteiger partial charge in [0.2, 0.25) is 0 Å². The highest BCUT2D eigenvalue weighted by Crippen LogP contribution is 2.39. The van der Waals surface area contributed by atoms with Crippen molar-refractivity contribution in [2.75, 3.05) is 0 Å². The topological polar surface area (TPSA) is 46.2 Å². The Bertz CT molecular complexity index is 1030. The SMILES string of the molecule is Cl.N[C@@H](c1ccc2ccc3cccc4ccc1c2c34)[C@H](O)C(F)(F)F. The largest absolute Gasteiger partial charge is 0.416 e. The van der Waals surface area contributed by atoms with E-state index < -0.39 is 18.3 Å². The number of hydrogen-bond acceptors (Lipinski definition) is 2. The number of nitrogens with two attached hydrogens (primary N) is 1. The minimum Gasteiger partial charge on any atom is -0.382 e. The van der Waals surface area contributed by atoms with Crippen molar-refractivity contribution in [1.29, 1.82) is 0 Å². The molecule has 4 rings (SSSR count). The van der Waals surface area contributed by atoms with Gasteiger partial charge in [0.25, 0.3) is 0 Å². The van der Waals surface area contributed by atoms with Crippen LogP contribution in [0.15, 0.2) is 54.6 Å². The highest BCUT2D eigenvalue weighted by molar-refractivity contribution is 6.23. The molecule has 0 aliphatic heterocycles. The minimum absolute atomic E-state index is 0. The molecule has 0 aliphatic carbocycles. The maximum Gasteiger partial charge on any atom is 0.416 e. The first kappa shape index (κ1) is 17.7. The second-order valence-corrected chi connectivity index (χ2v) is 6.02. The first-order valence-corrected chi connectivity index (χ1v) is 7.55. The molecule has 0 fully saturated rings. The smallest absolute Gasteiger partial charge is 0.382 e. The van der Waals surface area contributed by atoms with Crippen LogP contribution in [0.5, 0.6) is 0 Å². The van der Waals surface area contributed by atoms with Gasteiger partial charge in [0.15, 0.2) is 6.10 Å². The molecule has 0 saturated carbocycles. The van der Waals surface area contributed by atoms with E-state index in [1.54, 1.807) is 18.2 Å². The van der Waals surface area contributed by atoms with E-state index in [4.69, 9.17) is 5.73 Å². The summed E-state index contributed by atoms with van der Waals surface area (Å²) in [5, 5.41) is 15.1. The van der Waals surface area contributed by atoms with Gasteiger partial charge in [-0.2, -0.15) is 13.2 Å². The van der Waals surface area contributed by atoms with Gasteiger partial charge in [-0.25, -0.2) is 0 Å². The molecule has 2 atom stereocenters. The van der Waals surface area contributed by atoms with Crippen molar-refractivity contribution in [3.8, 4) is 0 Å². The maximum atomic E-state index is 12.9. The van der Waals surface area contributed by atoms with Crippen LogP contribution in [0.1, 0.15) is 11.6 Å². The summed E-state index contributed by atoms with van der Waals surface area (Å²) >= 11 is 0. The summed E-state index contributed by atoms with van der Waals surface area (Å²) in [6.45, 7) is 0. The van der Waals surface area contributed by atoms with Crippen molar-refractivity contribution in [2.45, 2.75) is 18.3 Å². The fourth-order valence-corrected chi connectivity index (χ4v) is 3.42. The lowest BCUT2D eigenvalue weighted by Gasteiger charge is -2.23. The van der Waals surface area contributed by atoms with Gasteiger partial charge >= 0.3 is 6.18 Å². The number of halogens is 4. The van der Waals surface area contributed by atoms with Crippen LogP contribution in [-0.4, -0.2) is 17.4 Å². The number of aliphatic hydroxyl groups excluding tert-OH is 1. The van der Waals surface area contributed by atoms with E-state index in [1.165, 1.54) is 0 Å². The quantitative estimate of drug-likeness (QED) is 0.495. The minimum atomic E-state index is -4.76. The van der Waals surface area contributed by atoms with E-state index >= 15 is 0 Å². The Morgan fingerprint density at radius 2 is 1.32 bits per heavy atom. The summed E-state index contributed by atoms with van der Waals surface area (Å²) in [7, 11) is 0. The summed E-state index contributed by atoms with van der Waals surface area (Å²) in [6.07, 6.45) is -7.36. The van der Waals surface area contributed by atoms with Gasteiger partial charge in [-0.1, -0.05) is 54.6 Å². The fourth-order valence-electron chi connectivity index (χ4n) is 3.42. The molecule has 2 nitrogen and oxygen atoms in total. The zero-order valence-corrected chi connectivity index (χ0v) is 13.7. The van der Waals surface area contributed by atoms with Crippen LogP contribution in [0.3, 0.4) is 0 Å². The number of aliphatic hydroxyl groups is 1. The average Bonchev–Trinajstić information content (AvgIpc) is 2.57. The monoisotopic (exact) mass is 365 g/mol.